The van der Waals surface area contributed by atoms with Crippen LogP contribution in [0.2, 0.25) is 0 Å². The Labute approximate surface area is 132 Å². The third kappa shape index (κ3) is 4.39. The molecule has 1 aromatic rings. The van der Waals surface area contributed by atoms with Crippen molar-refractivity contribution < 1.29 is 9.53 Å². The topological polar surface area (TPSA) is 56.6 Å². The molecule has 1 aliphatic heterocycles. The molecule has 1 aromatic carbocycles. The highest BCUT2D eigenvalue weighted by Gasteiger charge is 2.24. The molecule has 0 radical (unpaired) electrons. The van der Waals surface area contributed by atoms with E-state index in [1.807, 2.05) is 45.0 Å². The molecule has 1 aliphatic rings. The maximum absolute atomic E-state index is 12.1. The Morgan fingerprint density at radius 1 is 1.14 bits per heavy atom. The summed E-state index contributed by atoms with van der Waals surface area (Å²) in [4.78, 5) is 16.2. The molecule has 0 aromatic heterocycles. The van der Waals surface area contributed by atoms with Crippen LogP contribution in [0.3, 0.4) is 0 Å². The molecular formula is C17H23N3O2. The van der Waals surface area contributed by atoms with E-state index in [0.29, 0.717) is 18.7 Å². The van der Waals surface area contributed by atoms with E-state index in [-0.39, 0.29) is 6.09 Å². The molecule has 1 fully saturated rings. The molecule has 0 bridgehead atoms. The molecule has 0 N–H and O–H groups in total. The Balaban J connectivity index is 1.97. The Kier molecular flexibility index (Phi) is 4.92. The highest BCUT2D eigenvalue weighted by atomic mass is 16.6. The first-order valence-electron chi connectivity index (χ1n) is 7.62. The molecule has 5 heteroatoms. The van der Waals surface area contributed by atoms with Gasteiger partial charge in [-0.1, -0.05) is 0 Å². The molecule has 118 valence electrons. The molecule has 2 rings (SSSR count). The summed E-state index contributed by atoms with van der Waals surface area (Å²) in [5.41, 5.74) is 1.29. The second kappa shape index (κ2) is 6.69. The van der Waals surface area contributed by atoms with Crippen molar-refractivity contribution in [1.82, 2.24) is 4.90 Å². The average molecular weight is 301 g/mol. The number of carbonyl (C=O) groups excluding carboxylic acids is 1. The fraction of sp³-hybridized carbons (Fsp3) is 0.529. The maximum Gasteiger partial charge on any atom is 0.410 e. The number of ether oxygens (including phenoxy) is 1. The van der Waals surface area contributed by atoms with E-state index in [2.05, 4.69) is 11.0 Å². The normalized spacial score (nSPS) is 15.9. The summed E-state index contributed by atoms with van der Waals surface area (Å²) in [6, 6.07) is 9.70. The van der Waals surface area contributed by atoms with Crippen LogP contribution in [-0.4, -0.2) is 42.8 Å². The van der Waals surface area contributed by atoms with Gasteiger partial charge in [-0.15, -0.1) is 0 Å². The van der Waals surface area contributed by atoms with Crippen molar-refractivity contribution in [3.05, 3.63) is 29.8 Å². The minimum atomic E-state index is -0.462. The first-order chi connectivity index (χ1) is 10.4. The second-order valence-electron chi connectivity index (χ2n) is 6.47. The van der Waals surface area contributed by atoms with Gasteiger partial charge in [-0.25, -0.2) is 4.79 Å². The number of nitriles is 1. The molecular weight excluding hydrogens is 278 g/mol. The molecule has 0 atom stereocenters. The minimum absolute atomic E-state index is 0.242. The molecule has 0 saturated carbocycles. The smallest absolute Gasteiger partial charge is 0.410 e. The molecule has 1 amide bonds. The number of hydrogen-bond donors (Lipinski definition) is 0. The van der Waals surface area contributed by atoms with Gasteiger partial charge in [0, 0.05) is 31.9 Å². The van der Waals surface area contributed by atoms with Crippen LogP contribution >= 0.6 is 0 Å². The fourth-order valence-electron chi connectivity index (χ4n) is 2.43. The highest BCUT2D eigenvalue weighted by molar-refractivity contribution is 5.68. The van der Waals surface area contributed by atoms with Crippen LogP contribution in [0.4, 0.5) is 10.5 Å². The maximum atomic E-state index is 12.1. The van der Waals surface area contributed by atoms with Crippen LogP contribution in [0, 0.1) is 11.3 Å². The summed E-state index contributed by atoms with van der Waals surface area (Å²) in [7, 11) is 0. The van der Waals surface area contributed by atoms with Crippen molar-refractivity contribution in [2.24, 2.45) is 0 Å². The zero-order valence-electron chi connectivity index (χ0n) is 13.5. The molecule has 22 heavy (non-hydrogen) atoms. The zero-order chi connectivity index (χ0) is 16.2. The summed E-state index contributed by atoms with van der Waals surface area (Å²) in [5.74, 6) is 0. The standard InChI is InChI=1S/C17H23N3O2/c1-17(2,3)22-16(21)20-10-4-9-19(11-12-20)15-7-5-14(13-18)6-8-15/h5-8H,4,9-12H2,1-3H3. The third-order valence-electron chi connectivity index (χ3n) is 3.51. The van der Waals surface area contributed by atoms with Gasteiger partial charge in [0.2, 0.25) is 0 Å². The Morgan fingerprint density at radius 2 is 1.82 bits per heavy atom. The predicted octanol–water partition coefficient (Wildman–Crippen LogP) is 3.01. The second-order valence-corrected chi connectivity index (χ2v) is 6.47. The van der Waals surface area contributed by atoms with Crippen LogP contribution in [0.1, 0.15) is 32.8 Å². The van der Waals surface area contributed by atoms with Gasteiger partial charge in [-0.3, -0.25) is 0 Å². The van der Waals surface area contributed by atoms with Crippen molar-refractivity contribution in [3.63, 3.8) is 0 Å². The van der Waals surface area contributed by atoms with Crippen molar-refractivity contribution >= 4 is 11.8 Å². The average Bonchev–Trinajstić information content (AvgIpc) is 2.71. The minimum Gasteiger partial charge on any atom is -0.444 e. The Morgan fingerprint density at radius 3 is 2.41 bits per heavy atom. The van der Waals surface area contributed by atoms with Gasteiger partial charge in [-0.05, 0) is 51.5 Å². The molecule has 0 unspecified atom stereocenters. The Hall–Kier alpha value is -2.22. The lowest BCUT2D eigenvalue weighted by atomic mass is 10.2. The first kappa shape index (κ1) is 16.2. The quantitative estimate of drug-likeness (QED) is 0.800. The van der Waals surface area contributed by atoms with Gasteiger partial charge in [0.15, 0.2) is 0 Å². The lowest BCUT2D eigenvalue weighted by Gasteiger charge is -2.27. The lowest BCUT2D eigenvalue weighted by molar-refractivity contribution is 0.0263. The molecule has 1 saturated heterocycles. The van der Waals surface area contributed by atoms with E-state index in [1.54, 1.807) is 4.90 Å². The van der Waals surface area contributed by atoms with E-state index in [4.69, 9.17) is 10.00 Å². The van der Waals surface area contributed by atoms with E-state index in [0.717, 1.165) is 25.2 Å². The molecule has 0 aliphatic carbocycles. The summed E-state index contributed by atoms with van der Waals surface area (Å²) in [5, 5.41) is 8.85. The molecule has 0 spiro atoms. The van der Waals surface area contributed by atoms with Gasteiger partial charge in [0.05, 0.1) is 11.6 Å². The van der Waals surface area contributed by atoms with Crippen LogP contribution in [0.15, 0.2) is 24.3 Å². The van der Waals surface area contributed by atoms with Crippen LogP contribution in [-0.2, 0) is 4.74 Å². The first-order valence-corrected chi connectivity index (χ1v) is 7.62. The van der Waals surface area contributed by atoms with Crippen LogP contribution in [0.25, 0.3) is 0 Å². The lowest BCUT2D eigenvalue weighted by Crippen LogP contribution is -2.39. The zero-order valence-corrected chi connectivity index (χ0v) is 13.5. The summed E-state index contributed by atoms with van der Waals surface area (Å²) in [6.07, 6.45) is 0.661. The van der Waals surface area contributed by atoms with Crippen molar-refractivity contribution in [1.29, 1.82) is 5.26 Å². The summed E-state index contributed by atoms with van der Waals surface area (Å²) >= 11 is 0. The molecule has 1 heterocycles. The van der Waals surface area contributed by atoms with Gasteiger partial charge >= 0.3 is 6.09 Å². The van der Waals surface area contributed by atoms with Crippen molar-refractivity contribution in [2.45, 2.75) is 32.8 Å². The highest BCUT2D eigenvalue weighted by Crippen LogP contribution is 2.18. The fourth-order valence-corrected chi connectivity index (χ4v) is 2.43. The SMILES string of the molecule is CC(C)(C)OC(=O)N1CCCN(c2ccc(C#N)cc2)CC1. The predicted molar refractivity (Wildman–Crippen MR) is 85.8 cm³/mol. The third-order valence-corrected chi connectivity index (χ3v) is 3.51. The van der Waals surface area contributed by atoms with Gasteiger partial charge in [0.25, 0.3) is 0 Å². The number of nitrogens with zero attached hydrogens (tertiary/aromatic N) is 3. The van der Waals surface area contributed by atoms with E-state index < -0.39 is 5.60 Å². The monoisotopic (exact) mass is 301 g/mol. The van der Waals surface area contributed by atoms with Crippen LogP contribution < -0.4 is 4.90 Å². The van der Waals surface area contributed by atoms with Crippen LogP contribution in [0.5, 0.6) is 0 Å². The van der Waals surface area contributed by atoms with Crippen molar-refractivity contribution in [2.75, 3.05) is 31.1 Å². The van der Waals surface area contributed by atoms with E-state index >= 15 is 0 Å². The number of carbonyl (C=O) groups is 1. The number of amides is 1. The Bertz CT molecular complexity index is 555. The molecule has 5 nitrogen and oxygen atoms in total. The van der Waals surface area contributed by atoms with Crippen molar-refractivity contribution in [3.8, 4) is 6.07 Å². The largest absolute Gasteiger partial charge is 0.444 e. The number of rotatable bonds is 1. The van der Waals surface area contributed by atoms with Gasteiger partial charge in [-0.2, -0.15) is 5.26 Å². The van der Waals surface area contributed by atoms with E-state index in [1.165, 1.54) is 0 Å². The summed E-state index contributed by atoms with van der Waals surface area (Å²) < 4.78 is 5.44. The summed E-state index contributed by atoms with van der Waals surface area (Å²) in [6.45, 7) is 8.66. The van der Waals surface area contributed by atoms with E-state index in [9.17, 15) is 4.79 Å². The number of anilines is 1. The number of hydrogen-bond acceptors (Lipinski definition) is 4. The number of benzene rings is 1. The van der Waals surface area contributed by atoms with Gasteiger partial charge in [0.1, 0.15) is 5.60 Å². The van der Waals surface area contributed by atoms with Gasteiger partial charge < -0.3 is 14.5 Å².